The zero-order chi connectivity index (χ0) is 13.1. The van der Waals surface area contributed by atoms with Gasteiger partial charge in [-0.15, -0.1) is 0 Å². The first-order valence-electron chi connectivity index (χ1n) is 7.04. The Bertz CT molecular complexity index is 504. The van der Waals surface area contributed by atoms with Crippen LogP contribution in [-0.2, 0) is 6.42 Å². The lowest BCUT2D eigenvalue weighted by molar-refractivity contribution is 0.244. The predicted octanol–water partition coefficient (Wildman–Crippen LogP) is 3.40. The minimum Gasteiger partial charge on any atom is -0.335 e. The quantitative estimate of drug-likeness (QED) is 0.838. The molecule has 0 spiro atoms. The van der Waals surface area contributed by atoms with E-state index in [0.29, 0.717) is 6.04 Å². The van der Waals surface area contributed by atoms with E-state index in [1.807, 2.05) is 24.4 Å². The average molecular weight is 257 g/mol. The Labute approximate surface area is 113 Å². The van der Waals surface area contributed by atoms with Crippen molar-refractivity contribution in [2.24, 2.45) is 4.99 Å². The highest BCUT2D eigenvalue weighted by Gasteiger charge is 2.16. The fourth-order valence-electron chi connectivity index (χ4n) is 2.78. The summed E-state index contributed by atoms with van der Waals surface area (Å²) in [5.41, 5.74) is 3.00. The van der Waals surface area contributed by atoms with Gasteiger partial charge < -0.3 is 10.6 Å². The first-order valence-corrected chi connectivity index (χ1v) is 7.04. The number of fused-ring (bicyclic) bond motifs is 1. The molecule has 0 atom stereocenters. The highest BCUT2D eigenvalue weighted by atomic mass is 16.2. The summed E-state index contributed by atoms with van der Waals surface area (Å²) in [6, 6.07) is 6.13. The normalized spacial score (nSPS) is 18.1. The minimum atomic E-state index is -0.103. The van der Waals surface area contributed by atoms with Gasteiger partial charge in [0.25, 0.3) is 0 Å². The van der Waals surface area contributed by atoms with Crippen molar-refractivity contribution < 1.29 is 4.79 Å². The monoisotopic (exact) mass is 257 g/mol. The summed E-state index contributed by atoms with van der Waals surface area (Å²) in [4.78, 5) is 16.2. The Morgan fingerprint density at radius 2 is 2.05 bits per heavy atom. The van der Waals surface area contributed by atoms with Crippen LogP contribution in [0.2, 0.25) is 0 Å². The molecule has 0 radical (unpaired) electrons. The van der Waals surface area contributed by atoms with Crippen LogP contribution in [0.1, 0.15) is 37.7 Å². The topological polar surface area (TPSA) is 53.5 Å². The lowest BCUT2D eigenvalue weighted by Crippen LogP contribution is -2.38. The van der Waals surface area contributed by atoms with Gasteiger partial charge in [0, 0.05) is 24.4 Å². The van der Waals surface area contributed by atoms with Crippen LogP contribution in [-0.4, -0.2) is 18.3 Å². The van der Waals surface area contributed by atoms with Crippen LogP contribution in [0.5, 0.6) is 0 Å². The molecule has 1 aliphatic carbocycles. The maximum Gasteiger partial charge on any atom is 0.319 e. The first-order chi connectivity index (χ1) is 9.31. The number of benzene rings is 1. The molecule has 1 heterocycles. The van der Waals surface area contributed by atoms with Gasteiger partial charge >= 0.3 is 6.03 Å². The number of amides is 2. The van der Waals surface area contributed by atoms with E-state index in [1.165, 1.54) is 24.8 Å². The molecule has 0 bridgehead atoms. The van der Waals surface area contributed by atoms with E-state index in [9.17, 15) is 4.79 Å². The number of urea groups is 1. The van der Waals surface area contributed by atoms with Gasteiger partial charge in [-0.05, 0) is 30.5 Å². The zero-order valence-corrected chi connectivity index (χ0v) is 11.0. The van der Waals surface area contributed by atoms with E-state index in [1.54, 1.807) is 0 Å². The average Bonchev–Trinajstić information content (AvgIpc) is 2.87. The summed E-state index contributed by atoms with van der Waals surface area (Å²) >= 11 is 0. The molecular weight excluding hydrogens is 238 g/mol. The molecule has 19 heavy (non-hydrogen) atoms. The second-order valence-corrected chi connectivity index (χ2v) is 5.29. The molecule has 4 nitrogen and oxygen atoms in total. The third-order valence-corrected chi connectivity index (χ3v) is 3.83. The van der Waals surface area contributed by atoms with Crippen LogP contribution in [0.25, 0.3) is 0 Å². The van der Waals surface area contributed by atoms with E-state index >= 15 is 0 Å². The van der Waals surface area contributed by atoms with Crippen molar-refractivity contribution in [2.45, 2.75) is 44.6 Å². The van der Waals surface area contributed by atoms with Crippen molar-refractivity contribution in [3.8, 4) is 0 Å². The van der Waals surface area contributed by atoms with Crippen LogP contribution in [0.15, 0.2) is 23.2 Å². The van der Waals surface area contributed by atoms with Crippen molar-refractivity contribution in [1.82, 2.24) is 5.32 Å². The maximum atomic E-state index is 11.9. The molecule has 0 aromatic heterocycles. The highest BCUT2D eigenvalue weighted by molar-refractivity contribution is 5.90. The number of aliphatic imine (C=N–C) groups is 1. The number of hydrogen-bond acceptors (Lipinski definition) is 2. The summed E-state index contributed by atoms with van der Waals surface area (Å²) in [6.07, 6.45) is 8.73. The van der Waals surface area contributed by atoms with E-state index in [2.05, 4.69) is 15.6 Å². The van der Waals surface area contributed by atoms with Gasteiger partial charge in [-0.1, -0.05) is 25.3 Å². The second-order valence-electron chi connectivity index (χ2n) is 5.29. The molecular formula is C15H19N3O. The number of carbonyl (C=O) groups is 1. The van der Waals surface area contributed by atoms with E-state index in [-0.39, 0.29) is 6.03 Å². The van der Waals surface area contributed by atoms with Crippen LogP contribution < -0.4 is 10.6 Å². The molecule has 2 amide bonds. The molecule has 1 aliphatic heterocycles. The number of anilines is 1. The predicted molar refractivity (Wildman–Crippen MR) is 77.3 cm³/mol. The summed E-state index contributed by atoms with van der Waals surface area (Å²) in [7, 11) is 0. The molecule has 3 rings (SSSR count). The Hall–Kier alpha value is -1.84. The van der Waals surface area contributed by atoms with E-state index < -0.39 is 0 Å². The van der Waals surface area contributed by atoms with Gasteiger partial charge in [0.15, 0.2) is 0 Å². The van der Waals surface area contributed by atoms with Crippen molar-refractivity contribution in [1.29, 1.82) is 0 Å². The molecule has 2 N–H and O–H groups in total. The Balaban J connectivity index is 1.58. The number of nitrogens with zero attached hydrogens (tertiary/aromatic N) is 1. The Kier molecular flexibility index (Phi) is 3.49. The largest absolute Gasteiger partial charge is 0.335 e. The zero-order valence-electron chi connectivity index (χ0n) is 11.0. The smallest absolute Gasteiger partial charge is 0.319 e. The van der Waals surface area contributed by atoms with Crippen LogP contribution >= 0.6 is 0 Å². The molecule has 4 heteroatoms. The molecule has 1 saturated carbocycles. The van der Waals surface area contributed by atoms with Crippen LogP contribution in [0.3, 0.4) is 0 Å². The van der Waals surface area contributed by atoms with Crippen molar-refractivity contribution >= 4 is 23.6 Å². The van der Waals surface area contributed by atoms with Gasteiger partial charge in [0.2, 0.25) is 0 Å². The van der Waals surface area contributed by atoms with Gasteiger partial charge in [0.05, 0.1) is 5.69 Å². The van der Waals surface area contributed by atoms with Crippen molar-refractivity contribution in [3.05, 3.63) is 23.8 Å². The molecule has 0 saturated heterocycles. The minimum absolute atomic E-state index is 0.103. The van der Waals surface area contributed by atoms with Gasteiger partial charge in [0.1, 0.15) is 0 Å². The SMILES string of the molecule is O=C(Nc1ccc2c(c1)N=CC2)NC1CCCCC1. The number of hydrogen-bond donors (Lipinski definition) is 2. The second kappa shape index (κ2) is 5.43. The first kappa shape index (κ1) is 12.2. The molecule has 1 aromatic carbocycles. The number of nitrogens with one attached hydrogen (secondary N) is 2. The number of rotatable bonds is 2. The summed E-state index contributed by atoms with van der Waals surface area (Å²) in [6.45, 7) is 0. The third kappa shape index (κ3) is 2.95. The van der Waals surface area contributed by atoms with Gasteiger partial charge in [-0.2, -0.15) is 0 Å². The lowest BCUT2D eigenvalue weighted by atomic mass is 9.96. The lowest BCUT2D eigenvalue weighted by Gasteiger charge is -2.22. The molecule has 1 aromatic rings. The summed E-state index contributed by atoms with van der Waals surface area (Å²) in [5, 5.41) is 5.94. The van der Waals surface area contributed by atoms with Crippen LogP contribution in [0.4, 0.5) is 16.2 Å². The van der Waals surface area contributed by atoms with E-state index in [4.69, 9.17) is 0 Å². The fraction of sp³-hybridized carbons (Fsp3) is 0.467. The maximum absolute atomic E-state index is 11.9. The summed E-state index contributed by atoms with van der Waals surface area (Å²) in [5.74, 6) is 0. The van der Waals surface area contributed by atoms with E-state index in [0.717, 1.165) is 30.6 Å². The Morgan fingerprint density at radius 1 is 1.21 bits per heavy atom. The van der Waals surface area contributed by atoms with Crippen molar-refractivity contribution in [2.75, 3.05) is 5.32 Å². The summed E-state index contributed by atoms with van der Waals surface area (Å²) < 4.78 is 0. The molecule has 0 unspecified atom stereocenters. The molecule has 100 valence electrons. The molecule has 2 aliphatic rings. The standard InChI is InChI=1S/C15H19N3O/c19-15(17-12-4-2-1-3-5-12)18-13-7-6-11-8-9-16-14(11)10-13/h6-7,9-10,12H,1-5,8H2,(H2,17,18,19). The van der Waals surface area contributed by atoms with Gasteiger partial charge in [-0.3, -0.25) is 4.99 Å². The molecule has 1 fully saturated rings. The van der Waals surface area contributed by atoms with Gasteiger partial charge in [-0.25, -0.2) is 4.79 Å². The van der Waals surface area contributed by atoms with Crippen LogP contribution in [0, 0.1) is 0 Å². The third-order valence-electron chi connectivity index (χ3n) is 3.83. The Morgan fingerprint density at radius 3 is 2.89 bits per heavy atom. The fourth-order valence-corrected chi connectivity index (χ4v) is 2.78. The van der Waals surface area contributed by atoms with Crippen molar-refractivity contribution in [3.63, 3.8) is 0 Å². The highest BCUT2D eigenvalue weighted by Crippen LogP contribution is 2.27. The number of carbonyl (C=O) groups excluding carboxylic acids is 1.